The Bertz CT molecular complexity index is 617. The zero-order chi connectivity index (χ0) is 13.7. The lowest BCUT2D eigenvalue weighted by Gasteiger charge is -1.98. The van der Waals surface area contributed by atoms with Gasteiger partial charge in [0.2, 0.25) is 0 Å². The van der Waals surface area contributed by atoms with Gasteiger partial charge in [0, 0.05) is 6.08 Å². The fourth-order valence-electron chi connectivity index (χ4n) is 1.39. The van der Waals surface area contributed by atoms with Gasteiger partial charge in [-0.05, 0) is 11.6 Å². The number of ether oxygens (including phenoxy) is 1. The normalized spacial score (nSPS) is 10.5. The van der Waals surface area contributed by atoms with Crippen LogP contribution in [0, 0.1) is 0 Å². The van der Waals surface area contributed by atoms with Crippen molar-refractivity contribution in [3.05, 3.63) is 54.0 Å². The van der Waals surface area contributed by atoms with Crippen LogP contribution in [0.25, 0.3) is 6.08 Å². The fourth-order valence-corrected chi connectivity index (χ4v) is 1.39. The molecule has 6 heteroatoms. The second-order valence-electron chi connectivity index (χ2n) is 3.61. The van der Waals surface area contributed by atoms with E-state index in [1.54, 1.807) is 6.08 Å². The molecular weight excluding hydrogens is 246 g/mol. The molecule has 0 fully saturated rings. The number of H-pyrrole nitrogens is 1. The zero-order valence-electron chi connectivity index (χ0n) is 9.87. The Labute approximate surface area is 108 Å². The van der Waals surface area contributed by atoms with Crippen LogP contribution >= 0.6 is 0 Å². The van der Waals surface area contributed by atoms with E-state index in [1.807, 2.05) is 30.3 Å². The average molecular weight is 257 g/mol. The van der Waals surface area contributed by atoms with Gasteiger partial charge in [-0.25, -0.2) is 9.78 Å². The third-order valence-corrected chi connectivity index (χ3v) is 2.26. The Hall–Kier alpha value is -2.89. The monoisotopic (exact) mass is 257 g/mol. The fraction of sp³-hybridized carbons (Fsp3) is 0. The van der Waals surface area contributed by atoms with Crippen molar-refractivity contribution in [1.29, 1.82) is 0 Å². The molecule has 1 heterocycles. The lowest BCUT2D eigenvalue weighted by atomic mass is 10.2. The van der Waals surface area contributed by atoms with E-state index in [0.29, 0.717) is 0 Å². The van der Waals surface area contributed by atoms with Crippen molar-refractivity contribution in [3.63, 3.8) is 0 Å². The van der Waals surface area contributed by atoms with E-state index in [4.69, 9.17) is 10.5 Å². The number of aromatic amines is 1. The number of hydrogen-bond acceptors (Lipinski definition) is 4. The van der Waals surface area contributed by atoms with Crippen molar-refractivity contribution in [3.8, 4) is 5.88 Å². The first-order valence-corrected chi connectivity index (χ1v) is 5.45. The first-order valence-electron chi connectivity index (χ1n) is 5.45. The smallest absolute Gasteiger partial charge is 0.337 e. The number of amides is 1. The molecule has 1 aromatic carbocycles. The summed E-state index contributed by atoms with van der Waals surface area (Å²) in [5, 5.41) is 0. The molecule has 0 atom stereocenters. The van der Waals surface area contributed by atoms with E-state index in [0.717, 1.165) is 5.56 Å². The van der Waals surface area contributed by atoms with Gasteiger partial charge in [-0.15, -0.1) is 0 Å². The third kappa shape index (κ3) is 3.29. The highest BCUT2D eigenvalue weighted by Gasteiger charge is 2.14. The number of benzene rings is 1. The van der Waals surface area contributed by atoms with Gasteiger partial charge in [-0.2, -0.15) is 0 Å². The highest BCUT2D eigenvalue weighted by Crippen LogP contribution is 2.12. The molecule has 0 spiro atoms. The van der Waals surface area contributed by atoms with Crippen LogP contribution in [0.4, 0.5) is 0 Å². The molecule has 0 aliphatic heterocycles. The molecule has 0 unspecified atom stereocenters. The molecule has 3 N–H and O–H groups in total. The van der Waals surface area contributed by atoms with Crippen molar-refractivity contribution in [2.75, 3.05) is 0 Å². The predicted molar refractivity (Wildman–Crippen MR) is 68.2 cm³/mol. The van der Waals surface area contributed by atoms with E-state index in [1.165, 1.54) is 12.4 Å². The molecule has 0 bridgehead atoms. The first kappa shape index (κ1) is 12.6. The number of rotatable bonds is 4. The van der Waals surface area contributed by atoms with E-state index in [2.05, 4.69) is 9.97 Å². The van der Waals surface area contributed by atoms with Crippen molar-refractivity contribution in [2.45, 2.75) is 0 Å². The minimum absolute atomic E-state index is 0.0403. The van der Waals surface area contributed by atoms with E-state index in [9.17, 15) is 9.59 Å². The number of nitrogens with one attached hydrogen (secondary N) is 1. The number of imidazole rings is 1. The minimum atomic E-state index is -0.743. The summed E-state index contributed by atoms with van der Waals surface area (Å²) < 4.78 is 4.90. The molecule has 96 valence electrons. The van der Waals surface area contributed by atoms with Gasteiger partial charge in [0.15, 0.2) is 5.69 Å². The summed E-state index contributed by atoms with van der Waals surface area (Å²) >= 11 is 0. The quantitative estimate of drug-likeness (QED) is 0.633. The molecular formula is C13H11N3O3. The molecule has 6 nitrogen and oxygen atoms in total. The van der Waals surface area contributed by atoms with Crippen LogP contribution in [0.3, 0.4) is 0 Å². The number of esters is 1. The van der Waals surface area contributed by atoms with Gasteiger partial charge in [-0.3, -0.25) is 4.79 Å². The van der Waals surface area contributed by atoms with Crippen LogP contribution in [0.2, 0.25) is 0 Å². The number of nitrogens with zero attached hydrogens (tertiary/aromatic N) is 1. The van der Waals surface area contributed by atoms with Crippen LogP contribution in [0.15, 0.2) is 42.7 Å². The maximum absolute atomic E-state index is 11.5. The number of aromatic nitrogens is 2. The van der Waals surface area contributed by atoms with Gasteiger partial charge in [0.05, 0.1) is 6.33 Å². The van der Waals surface area contributed by atoms with E-state index < -0.39 is 11.9 Å². The molecule has 0 saturated carbocycles. The standard InChI is InChI=1S/C13H11N3O3/c14-12(18)11-13(16-8-15-11)19-10(17)7-6-9-4-2-1-3-5-9/h1-8H,(H2,14,18)(H,15,16). The number of carbonyl (C=O) groups is 2. The molecule has 19 heavy (non-hydrogen) atoms. The maximum Gasteiger partial charge on any atom is 0.337 e. The molecule has 1 amide bonds. The summed E-state index contributed by atoms with van der Waals surface area (Å²) in [5.41, 5.74) is 5.90. The summed E-state index contributed by atoms with van der Waals surface area (Å²) in [5.74, 6) is -1.51. The summed E-state index contributed by atoms with van der Waals surface area (Å²) in [6.07, 6.45) is 4.07. The second-order valence-corrected chi connectivity index (χ2v) is 3.61. The Morgan fingerprint density at radius 3 is 2.68 bits per heavy atom. The average Bonchev–Trinajstić information content (AvgIpc) is 2.86. The zero-order valence-corrected chi connectivity index (χ0v) is 9.87. The summed E-state index contributed by atoms with van der Waals surface area (Å²) in [4.78, 5) is 28.7. The van der Waals surface area contributed by atoms with Crippen LogP contribution in [0.1, 0.15) is 16.1 Å². The van der Waals surface area contributed by atoms with Crippen LogP contribution in [-0.4, -0.2) is 21.8 Å². The summed E-state index contributed by atoms with van der Waals surface area (Å²) in [6, 6.07) is 9.26. The van der Waals surface area contributed by atoms with Crippen LogP contribution in [-0.2, 0) is 4.79 Å². The van der Waals surface area contributed by atoms with Gasteiger partial charge in [0.25, 0.3) is 11.8 Å². The van der Waals surface area contributed by atoms with Crippen molar-refractivity contribution >= 4 is 18.0 Å². The third-order valence-electron chi connectivity index (χ3n) is 2.26. The lowest BCUT2D eigenvalue weighted by Crippen LogP contribution is -2.14. The van der Waals surface area contributed by atoms with Crippen molar-refractivity contribution in [1.82, 2.24) is 9.97 Å². The lowest BCUT2D eigenvalue weighted by molar-refractivity contribution is -0.129. The van der Waals surface area contributed by atoms with Gasteiger partial charge in [0.1, 0.15) is 0 Å². The van der Waals surface area contributed by atoms with Crippen LogP contribution < -0.4 is 10.5 Å². The van der Waals surface area contributed by atoms with Crippen molar-refractivity contribution in [2.24, 2.45) is 5.73 Å². The topological polar surface area (TPSA) is 98.1 Å². The molecule has 0 aliphatic carbocycles. The largest absolute Gasteiger partial charge is 0.402 e. The Kier molecular flexibility index (Phi) is 3.72. The molecule has 0 aliphatic rings. The highest BCUT2D eigenvalue weighted by atomic mass is 16.5. The van der Waals surface area contributed by atoms with Gasteiger partial charge < -0.3 is 15.5 Å². The summed E-state index contributed by atoms with van der Waals surface area (Å²) in [6.45, 7) is 0. The van der Waals surface area contributed by atoms with E-state index in [-0.39, 0.29) is 11.6 Å². The Morgan fingerprint density at radius 1 is 1.26 bits per heavy atom. The SMILES string of the molecule is NC(=O)c1[nH]cnc1OC(=O)C=Cc1ccccc1. The minimum Gasteiger partial charge on any atom is -0.402 e. The van der Waals surface area contributed by atoms with Crippen LogP contribution in [0.5, 0.6) is 5.88 Å². The molecule has 2 aromatic rings. The number of primary amides is 1. The molecule has 0 radical (unpaired) electrons. The highest BCUT2D eigenvalue weighted by molar-refractivity contribution is 5.95. The van der Waals surface area contributed by atoms with Crippen molar-refractivity contribution < 1.29 is 14.3 Å². The number of nitrogens with two attached hydrogens (primary N) is 1. The second kappa shape index (κ2) is 5.63. The maximum atomic E-state index is 11.5. The van der Waals surface area contributed by atoms with Gasteiger partial charge in [-0.1, -0.05) is 30.3 Å². The molecule has 0 saturated heterocycles. The Balaban J connectivity index is 2.04. The molecule has 1 aromatic heterocycles. The number of hydrogen-bond donors (Lipinski definition) is 2. The van der Waals surface area contributed by atoms with Gasteiger partial charge >= 0.3 is 5.97 Å². The molecule has 2 rings (SSSR count). The number of carbonyl (C=O) groups excluding carboxylic acids is 2. The summed E-state index contributed by atoms with van der Waals surface area (Å²) in [7, 11) is 0. The Morgan fingerprint density at radius 2 is 2.00 bits per heavy atom. The predicted octanol–water partition coefficient (Wildman–Crippen LogP) is 1.13. The van der Waals surface area contributed by atoms with E-state index >= 15 is 0 Å². The first-order chi connectivity index (χ1) is 9.16.